The number of carboxylic acid groups (broad SMARTS) is 1. The molecule has 0 bridgehead atoms. The van der Waals surface area contributed by atoms with E-state index in [-0.39, 0.29) is 0 Å². The number of aliphatic carboxylic acids is 1. The molecule has 78 valence electrons. The van der Waals surface area contributed by atoms with Crippen LogP contribution in [0.25, 0.3) is 0 Å². The van der Waals surface area contributed by atoms with Crippen molar-refractivity contribution in [3.8, 4) is 0 Å². The zero-order valence-electron chi connectivity index (χ0n) is 8.36. The van der Waals surface area contributed by atoms with Gasteiger partial charge >= 0.3 is 5.97 Å². The maximum atomic E-state index is 10.8. The van der Waals surface area contributed by atoms with E-state index >= 15 is 0 Å². The lowest BCUT2D eigenvalue weighted by Gasteiger charge is -2.33. The Balaban J connectivity index is 4.76. The molecule has 0 rings (SSSR count). The summed E-state index contributed by atoms with van der Waals surface area (Å²) in [6, 6.07) is 0. The number of methoxy groups -OCH3 is 3. The quantitative estimate of drug-likeness (QED) is 0.627. The van der Waals surface area contributed by atoms with E-state index in [0.29, 0.717) is 6.42 Å². The van der Waals surface area contributed by atoms with Crippen molar-refractivity contribution in [2.24, 2.45) is 5.92 Å². The fourth-order valence-corrected chi connectivity index (χ4v) is 1.25. The zero-order valence-corrected chi connectivity index (χ0v) is 8.36. The molecule has 0 aliphatic rings. The highest BCUT2D eigenvalue weighted by Crippen LogP contribution is 2.26. The van der Waals surface area contributed by atoms with Crippen molar-refractivity contribution in [3.63, 3.8) is 0 Å². The first-order chi connectivity index (χ1) is 6.07. The van der Waals surface area contributed by atoms with Gasteiger partial charge in [0.2, 0.25) is 0 Å². The molecule has 0 aromatic rings. The molecule has 13 heavy (non-hydrogen) atoms. The molecule has 1 atom stereocenters. The van der Waals surface area contributed by atoms with Gasteiger partial charge in [-0.1, -0.05) is 6.92 Å². The van der Waals surface area contributed by atoms with Crippen LogP contribution in [-0.4, -0.2) is 38.4 Å². The summed E-state index contributed by atoms with van der Waals surface area (Å²) in [5.74, 6) is -3.33. The molecule has 1 N–H and O–H groups in total. The molecule has 0 saturated carbocycles. The number of ether oxygens (including phenoxy) is 3. The highest BCUT2D eigenvalue weighted by Gasteiger charge is 2.43. The van der Waals surface area contributed by atoms with Gasteiger partial charge in [0.05, 0.1) is 0 Å². The minimum absolute atomic E-state index is 0.366. The highest BCUT2D eigenvalue weighted by molar-refractivity contribution is 5.70. The van der Waals surface area contributed by atoms with Crippen molar-refractivity contribution in [2.45, 2.75) is 19.3 Å². The summed E-state index contributed by atoms with van der Waals surface area (Å²) in [7, 11) is 4.04. The lowest BCUT2D eigenvalue weighted by atomic mass is 10.0. The second-order valence-electron chi connectivity index (χ2n) is 2.51. The summed E-state index contributed by atoms with van der Waals surface area (Å²) >= 11 is 0. The van der Waals surface area contributed by atoms with E-state index in [2.05, 4.69) is 0 Å². The predicted molar refractivity (Wildman–Crippen MR) is 45.2 cm³/mol. The first-order valence-corrected chi connectivity index (χ1v) is 3.96. The fraction of sp³-hybridized carbons (Fsp3) is 0.875. The Morgan fingerprint density at radius 3 is 1.77 bits per heavy atom. The van der Waals surface area contributed by atoms with Gasteiger partial charge in [-0.15, -0.1) is 0 Å². The average molecular weight is 192 g/mol. The van der Waals surface area contributed by atoms with Crippen LogP contribution in [0.15, 0.2) is 0 Å². The van der Waals surface area contributed by atoms with Gasteiger partial charge in [-0.2, -0.15) is 0 Å². The van der Waals surface area contributed by atoms with E-state index < -0.39 is 17.9 Å². The third kappa shape index (κ3) is 2.40. The lowest BCUT2D eigenvalue weighted by molar-refractivity contribution is -0.374. The summed E-state index contributed by atoms with van der Waals surface area (Å²) in [4.78, 5) is 10.8. The van der Waals surface area contributed by atoms with E-state index in [9.17, 15) is 4.79 Å². The second kappa shape index (κ2) is 5.16. The van der Waals surface area contributed by atoms with Crippen LogP contribution in [0.4, 0.5) is 0 Å². The minimum atomic E-state index is -1.49. The van der Waals surface area contributed by atoms with Crippen LogP contribution in [0.2, 0.25) is 0 Å². The van der Waals surface area contributed by atoms with Gasteiger partial charge in [0, 0.05) is 21.3 Å². The molecule has 0 aromatic carbocycles. The number of carboxylic acids is 1. The number of hydrogen-bond acceptors (Lipinski definition) is 4. The van der Waals surface area contributed by atoms with Crippen molar-refractivity contribution < 1.29 is 24.1 Å². The van der Waals surface area contributed by atoms with Crippen LogP contribution >= 0.6 is 0 Å². The van der Waals surface area contributed by atoms with E-state index in [0.717, 1.165) is 0 Å². The van der Waals surface area contributed by atoms with Gasteiger partial charge < -0.3 is 19.3 Å². The van der Waals surface area contributed by atoms with Crippen molar-refractivity contribution in [1.82, 2.24) is 0 Å². The molecule has 0 radical (unpaired) electrons. The van der Waals surface area contributed by atoms with Crippen LogP contribution in [0.5, 0.6) is 0 Å². The third-order valence-corrected chi connectivity index (χ3v) is 1.99. The Bertz CT molecular complexity index is 156. The van der Waals surface area contributed by atoms with Crippen LogP contribution < -0.4 is 0 Å². The molecule has 0 spiro atoms. The van der Waals surface area contributed by atoms with Crippen molar-refractivity contribution >= 4 is 5.97 Å². The second-order valence-corrected chi connectivity index (χ2v) is 2.51. The van der Waals surface area contributed by atoms with Gasteiger partial charge in [-0.05, 0) is 6.42 Å². The van der Waals surface area contributed by atoms with Gasteiger partial charge in [0.1, 0.15) is 5.92 Å². The van der Waals surface area contributed by atoms with Crippen LogP contribution in [0.1, 0.15) is 13.3 Å². The number of rotatable bonds is 6. The lowest BCUT2D eigenvalue weighted by Crippen LogP contribution is -2.47. The molecule has 0 fully saturated rings. The zero-order chi connectivity index (χ0) is 10.5. The molecule has 0 saturated heterocycles. The Labute approximate surface area is 77.6 Å². The fourth-order valence-electron chi connectivity index (χ4n) is 1.25. The number of hydrogen-bond donors (Lipinski definition) is 1. The molecular formula is C8H16O5. The molecule has 0 heterocycles. The molecule has 5 nitrogen and oxygen atoms in total. The maximum Gasteiger partial charge on any atom is 0.314 e. The first kappa shape index (κ1) is 12.3. The summed E-state index contributed by atoms with van der Waals surface area (Å²) in [6.45, 7) is 1.73. The molecular weight excluding hydrogens is 176 g/mol. The summed E-state index contributed by atoms with van der Waals surface area (Å²) in [5.41, 5.74) is 0. The Morgan fingerprint density at radius 1 is 1.31 bits per heavy atom. The maximum absolute atomic E-state index is 10.8. The Hall–Kier alpha value is -0.650. The Morgan fingerprint density at radius 2 is 1.69 bits per heavy atom. The van der Waals surface area contributed by atoms with Crippen LogP contribution in [0.3, 0.4) is 0 Å². The van der Waals surface area contributed by atoms with Gasteiger partial charge in [-0.3, -0.25) is 4.79 Å². The average Bonchev–Trinajstić information content (AvgIpc) is 2.13. The highest BCUT2D eigenvalue weighted by atomic mass is 16.9. The molecule has 5 heteroatoms. The van der Waals surface area contributed by atoms with E-state index in [1.807, 2.05) is 0 Å². The molecule has 0 aliphatic carbocycles. The van der Waals surface area contributed by atoms with Crippen molar-refractivity contribution in [3.05, 3.63) is 0 Å². The summed E-state index contributed by atoms with van der Waals surface area (Å²) in [6.07, 6.45) is 0.366. The molecule has 0 aliphatic heterocycles. The first-order valence-electron chi connectivity index (χ1n) is 3.96. The minimum Gasteiger partial charge on any atom is -0.481 e. The monoisotopic (exact) mass is 192 g/mol. The molecule has 0 aromatic heterocycles. The SMILES string of the molecule is CCC(C(=O)O)C(OC)(OC)OC. The topological polar surface area (TPSA) is 65.0 Å². The molecule has 1 unspecified atom stereocenters. The summed E-state index contributed by atoms with van der Waals surface area (Å²) < 4.78 is 14.8. The largest absolute Gasteiger partial charge is 0.481 e. The smallest absolute Gasteiger partial charge is 0.314 e. The van der Waals surface area contributed by atoms with Gasteiger partial charge in [0.25, 0.3) is 5.97 Å². The van der Waals surface area contributed by atoms with Crippen molar-refractivity contribution in [1.29, 1.82) is 0 Å². The van der Waals surface area contributed by atoms with Crippen LogP contribution in [-0.2, 0) is 19.0 Å². The third-order valence-electron chi connectivity index (χ3n) is 1.99. The van der Waals surface area contributed by atoms with Gasteiger partial charge in [0.15, 0.2) is 0 Å². The normalized spacial score (nSPS) is 14.2. The van der Waals surface area contributed by atoms with Crippen LogP contribution in [0, 0.1) is 5.92 Å². The standard InChI is InChI=1S/C8H16O5/c1-5-6(7(9)10)8(11-2,12-3)13-4/h6H,5H2,1-4H3,(H,9,10). The van der Waals surface area contributed by atoms with E-state index in [1.54, 1.807) is 6.92 Å². The van der Waals surface area contributed by atoms with Gasteiger partial charge in [-0.25, -0.2) is 0 Å². The summed E-state index contributed by atoms with van der Waals surface area (Å²) in [5, 5.41) is 8.86. The Kier molecular flexibility index (Phi) is 4.90. The van der Waals surface area contributed by atoms with E-state index in [4.69, 9.17) is 19.3 Å². The van der Waals surface area contributed by atoms with Crippen molar-refractivity contribution in [2.75, 3.05) is 21.3 Å². The van der Waals surface area contributed by atoms with E-state index in [1.165, 1.54) is 21.3 Å². The predicted octanol–water partition coefficient (Wildman–Crippen LogP) is 0.690. The molecule has 0 amide bonds. The number of carbonyl (C=O) groups is 1.